The van der Waals surface area contributed by atoms with E-state index in [0.29, 0.717) is 11.7 Å². The van der Waals surface area contributed by atoms with Crippen molar-refractivity contribution in [1.82, 2.24) is 19.9 Å². The zero-order valence-electron chi connectivity index (χ0n) is 24.8. The standard InChI is InChI=1S/C34H36N8S/c1-19(2)37-31(35)23-10-13-27-29(16-23)41-33(39-27)22-8-5-21(6-9-22)7-12-26-15-25(18-43-26)34-40-28-14-11-24(17-30(28)42-34)32(36)38-20(3)4/h5-6,8-11,13-20H,7,12H2,1-4H3,(H2,35,37)(H2,36,38)(H,39,41)(H,40,42). The van der Waals surface area contributed by atoms with Crippen molar-refractivity contribution < 1.29 is 0 Å². The van der Waals surface area contributed by atoms with Gasteiger partial charge in [0.05, 0.1) is 22.1 Å². The number of nitrogens with two attached hydrogens (primary N) is 2. The van der Waals surface area contributed by atoms with Gasteiger partial charge in [-0.3, -0.25) is 9.98 Å². The third-order valence-corrected chi connectivity index (χ3v) is 8.16. The van der Waals surface area contributed by atoms with Crippen LogP contribution in [-0.4, -0.2) is 43.7 Å². The average Bonchev–Trinajstić information content (AvgIpc) is 3.73. The molecule has 218 valence electrons. The number of aliphatic imine (C=N–C) groups is 2. The summed E-state index contributed by atoms with van der Waals surface area (Å²) in [5, 5.41) is 2.17. The Morgan fingerprint density at radius 1 is 0.698 bits per heavy atom. The lowest BCUT2D eigenvalue weighted by Crippen LogP contribution is -2.15. The van der Waals surface area contributed by atoms with Crippen LogP contribution in [-0.2, 0) is 12.8 Å². The number of aryl methyl sites for hydroxylation is 2. The maximum atomic E-state index is 6.17. The summed E-state index contributed by atoms with van der Waals surface area (Å²) in [4.78, 5) is 26.7. The van der Waals surface area contributed by atoms with Crippen LogP contribution in [0, 0.1) is 0 Å². The molecule has 0 amide bonds. The summed E-state index contributed by atoms with van der Waals surface area (Å²) < 4.78 is 0. The summed E-state index contributed by atoms with van der Waals surface area (Å²) in [6.45, 7) is 8.06. The molecule has 0 saturated carbocycles. The summed E-state index contributed by atoms with van der Waals surface area (Å²) in [6.07, 6.45) is 1.92. The molecule has 0 aliphatic carbocycles. The molecule has 3 heterocycles. The highest BCUT2D eigenvalue weighted by molar-refractivity contribution is 7.10. The lowest BCUT2D eigenvalue weighted by atomic mass is 10.1. The SMILES string of the molecule is CC(C)N=C(N)c1ccc2nc(-c3ccc(CCc4cc(-c5nc6ccc(C(N)=NC(C)C)cc6[nH]5)cs4)cc3)[nH]c2c1. The van der Waals surface area contributed by atoms with Gasteiger partial charge in [-0.15, -0.1) is 11.3 Å². The summed E-state index contributed by atoms with van der Waals surface area (Å²) in [7, 11) is 0. The number of hydrogen-bond donors (Lipinski definition) is 4. The largest absolute Gasteiger partial charge is 0.383 e. The molecule has 0 fully saturated rings. The molecule has 0 spiro atoms. The summed E-state index contributed by atoms with van der Waals surface area (Å²) in [6, 6.07) is 23.1. The Kier molecular flexibility index (Phi) is 7.82. The first-order valence-electron chi connectivity index (χ1n) is 14.6. The van der Waals surface area contributed by atoms with Crippen molar-refractivity contribution in [1.29, 1.82) is 0 Å². The second-order valence-electron chi connectivity index (χ2n) is 11.3. The van der Waals surface area contributed by atoms with E-state index in [-0.39, 0.29) is 12.1 Å². The molecule has 0 radical (unpaired) electrons. The number of imidazole rings is 2. The number of hydrogen-bond acceptors (Lipinski definition) is 5. The highest BCUT2D eigenvalue weighted by Gasteiger charge is 2.11. The van der Waals surface area contributed by atoms with E-state index in [4.69, 9.17) is 21.4 Å². The van der Waals surface area contributed by atoms with Crippen molar-refractivity contribution in [3.05, 3.63) is 93.7 Å². The van der Waals surface area contributed by atoms with Gasteiger partial charge in [0.1, 0.15) is 23.3 Å². The number of nitrogens with zero attached hydrogens (tertiary/aromatic N) is 4. The van der Waals surface area contributed by atoms with Gasteiger partial charge >= 0.3 is 0 Å². The third-order valence-electron chi connectivity index (χ3n) is 7.16. The number of aromatic nitrogens is 4. The Bertz CT molecular complexity index is 1950. The van der Waals surface area contributed by atoms with Gasteiger partial charge < -0.3 is 21.4 Å². The van der Waals surface area contributed by atoms with Crippen molar-refractivity contribution in [2.45, 2.75) is 52.6 Å². The minimum atomic E-state index is 0.148. The molecule has 43 heavy (non-hydrogen) atoms. The molecule has 6 N–H and O–H groups in total. The van der Waals surface area contributed by atoms with Crippen molar-refractivity contribution >= 4 is 45.1 Å². The van der Waals surface area contributed by atoms with Gasteiger partial charge in [-0.1, -0.05) is 24.3 Å². The zero-order valence-corrected chi connectivity index (χ0v) is 25.7. The quantitative estimate of drug-likeness (QED) is 0.109. The van der Waals surface area contributed by atoms with Crippen molar-refractivity contribution in [3.8, 4) is 22.8 Å². The van der Waals surface area contributed by atoms with Crippen LogP contribution >= 0.6 is 11.3 Å². The highest BCUT2D eigenvalue weighted by atomic mass is 32.1. The molecule has 3 aromatic heterocycles. The van der Waals surface area contributed by atoms with E-state index >= 15 is 0 Å². The summed E-state index contributed by atoms with van der Waals surface area (Å²) in [5.41, 5.74) is 21.3. The molecule has 3 aromatic carbocycles. The van der Waals surface area contributed by atoms with E-state index < -0.39 is 0 Å². The van der Waals surface area contributed by atoms with Crippen molar-refractivity contribution in [2.75, 3.05) is 0 Å². The Labute approximate surface area is 255 Å². The monoisotopic (exact) mass is 588 g/mol. The van der Waals surface area contributed by atoms with Crippen LogP contribution in [0.25, 0.3) is 44.8 Å². The van der Waals surface area contributed by atoms with Gasteiger partial charge in [-0.05, 0) is 88.6 Å². The Balaban J connectivity index is 1.11. The smallest absolute Gasteiger partial charge is 0.139 e. The topological polar surface area (TPSA) is 134 Å². The molecule has 6 aromatic rings. The predicted molar refractivity (Wildman–Crippen MR) is 180 cm³/mol. The van der Waals surface area contributed by atoms with Gasteiger partial charge in [0.25, 0.3) is 0 Å². The van der Waals surface area contributed by atoms with Crippen LogP contribution in [0.5, 0.6) is 0 Å². The highest BCUT2D eigenvalue weighted by Crippen LogP contribution is 2.28. The van der Waals surface area contributed by atoms with Gasteiger partial charge in [0.2, 0.25) is 0 Å². The maximum Gasteiger partial charge on any atom is 0.139 e. The van der Waals surface area contributed by atoms with Crippen LogP contribution in [0.15, 0.2) is 82.1 Å². The number of nitrogens with one attached hydrogen (secondary N) is 2. The number of amidine groups is 2. The van der Waals surface area contributed by atoms with E-state index in [0.717, 1.165) is 68.8 Å². The van der Waals surface area contributed by atoms with E-state index in [1.807, 2.05) is 64.1 Å². The molecule has 0 atom stereocenters. The number of rotatable bonds is 9. The van der Waals surface area contributed by atoms with E-state index in [2.05, 4.69) is 55.7 Å². The fourth-order valence-corrected chi connectivity index (χ4v) is 5.92. The Morgan fingerprint density at radius 3 is 1.77 bits per heavy atom. The van der Waals surface area contributed by atoms with Gasteiger partial charge in [-0.25, -0.2) is 9.97 Å². The minimum Gasteiger partial charge on any atom is -0.383 e. The Hall–Kier alpha value is -4.76. The van der Waals surface area contributed by atoms with E-state index in [9.17, 15) is 0 Å². The molecule has 0 aliphatic rings. The summed E-state index contributed by atoms with van der Waals surface area (Å²) >= 11 is 1.77. The number of benzene rings is 3. The predicted octanol–water partition coefficient (Wildman–Crippen LogP) is 6.85. The number of aromatic amines is 2. The first-order chi connectivity index (χ1) is 20.7. The normalized spacial score (nSPS) is 12.8. The van der Waals surface area contributed by atoms with E-state index in [1.54, 1.807) is 11.3 Å². The van der Waals surface area contributed by atoms with Crippen LogP contribution in [0.4, 0.5) is 0 Å². The molecule has 0 unspecified atom stereocenters. The lowest BCUT2D eigenvalue weighted by molar-refractivity contribution is 0.834. The molecule has 0 saturated heterocycles. The second kappa shape index (κ2) is 11.9. The first-order valence-corrected chi connectivity index (χ1v) is 15.4. The fourth-order valence-electron chi connectivity index (χ4n) is 5.05. The van der Waals surface area contributed by atoms with Gasteiger partial charge in [-0.2, -0.15) is 0 Å². The van der Waals surface area contributed by atoms with E-state index in [1.165, 1.54) is 10.4 Å². The lowest BCUT2D eigenvalue weighted by Gasteiger charge is -2.03. The van der Waals surface area contributed by atoms with Crippen LogP contribution in [0.2, 0.25) is 0 Å². The first kappa shape index (κ1) is 28.4. The minimum absolute atomic E-state index is 0.148. The molecular formula is C34H36N8S. The van der Waals surface area contributed by atoms with Crippen LogP contribution in [0.3, 0.4) is 0 Å². The molecule has 0 aliphatic heterocycles. The molecule has 0 bridgehead atoms. The molecule has 6 rings (SSSR count). The van der Waals surface area contributed by atoms with Gasteiger partial charge in [0.15, 0.2) is 0 Å². The van der Waals surface area contributed by atoms with Crippen molar-refractivity contribution in [3.63, 3.8) is 0 Å². The zero-order chi connectivity index (χ0) is 30.1. The molecule has 9 heteroatoms. The number of thiophene rings is 1. The van der Waals surface area contributed by atoms with Crippen molar-refractivity contribution in [2.24, 2.45) is 21.5 Å². The maximum absolute atomic E-state index is 6.17. The molecular weight excluding hydrogens is 552 g/mol. The number of fused-ring (bicyclic) bond motifs is 2. The average molecular weight is 589 g/mol. The van der Waals surface area contributed by atoms with Gasteiger partial charge in [0, 0.05) is 44.6 Å². The fraction of sp³-hybridized carbons (Fsp3) is 0.235. The Morgan fingerprint density at radius 2 is 1.23 bits per heavy atom. The number of H-pyrrole nitrogens is 2. The van der Waals surface area contributed by atoms with Crippen LogP contribution < -0.4 is 11.5 Å². The summed E-state index contributed by atoms with van der Waals surface area (Å²) in [5.74, 6) is 2.80. The molecule has 8 nitrogen and oxygen atoms in total. The van der Waals surface area contributed by atoms with Crippen LogP contribution in [0.1, 0.15) is 49.3 Å². The second-order valence-corrected chi connectivity index (χ2v) is 12.3. The third kappa shape index (κ3) is 6.36.